The fourth-order valence-corrected chi connectivity index (χ4v) is 2.03. The van der Waals surface area contributed by atoms with Gasteiger partial charge in [-0.1, -0.05) is 12.1 Å². The highest BCUT2D eigenvalue weighted by molar-refractivity contribution is 6.05. The molecule has 0 aliphatic carbocycles. The molecular weight excluding hydrogens is 308 g/mol. The Bertz CT molecular complexity index is 738. The van der Waals surface area contributed by atoms with E-state index in [0.29, 0.717) is 0 Å². The summed E-state index contributed by atoms with van der Waals surface area (Å²) in [5, 5.41) is 0. The Morgan fingerprint density at radius 1 is 1.04 bits per heavy atom. The standard InChI is InChI=1S/C16H13F2NO4/c1-22-15(20)10-6-3-4-9-19(14(10)16(21)23-2)12-8-5-7-11(17)13(12)18/h3-9H,1-2H3. The summed E-state index contributed by atoms with van der Waals surface area (Å²) in [6.45, 7) is 0. The van der Waals surface area contributed by atoms with E-state index in [-0.39, 0.29) is 17.0 Å². The fraction of sp³-hybridized carbons (Fsp3) is 0.125. The van der Waals surface area contributed by atoms with Crippen LogP contribution in [0.15, 0.2) is 53.9 Å². The molecule has 120 valence electrons. The molecule has 0 saturated carbocycles. The smallest absolute Gasteiger partial charge is 0.355 e. The van der Waals surface area contributed by atoms with Gasteiger partial charge in [0.1, 0.15) is 5.70 Å². The number of esters is 2. The first-order valence-electron chi connectivity index (χ1n) is 6.50. The second-order valence-electron chi connectivity index (χ2n) is 4.39. The quantitative estimate of drug-likeness (QED) is 0.801. The minimum absolute atomic E-state index is 0.145. The summed E-state index contributed by atoms with van der Waals surface area (Å²) in [4.78, 5) is 25.1. The molecule has 0 unspecified atom stereocenters. The number of carbonyl (C=O) groups excluding carboxylic acids is 2. The van der Waals surface area contributed by atoms with Crippen LogP contribution in [0.25, 0.3) is 0 Å². The molecule has 5 nitrogen and oxygen atoms in total. The van der Waals surface area contributed by atoms with Crippen LogP contribution >= 0.6 is 0 Å². The summed E-state index contributed by atoms with van der Waals surface area (Å²) in [7, 11) is 2.26. The number of rotatable bonds is 3. The number of hydrogen-bond acceptors (Lipinski definition) is 5. The molecule has 1 aliphatic rings. The normalized spacial score (nSPS) is 13.8. The number of ether oxygens (including phenoxy) is 2. The Morgan fingerprint density at radius 3 is 2.39 bits per heavy atom. The maximum absolute atomic E-state index is 14.1. The molecule has 0 N–H and O–H groups in total. The van der Waals surface area contributed by atoms with Crippen LogP contribution in [0.4, 0.5) is 14.5 Å². The first-order valence-corrected chi connectivity index (χ1v) is 6.50. The van der Waals surface area contributed by atoms with Gasteiger partial charge in [-0.2, -0.15) is 0 Å². The van der Waals surface area contributed by atoms with Crippen LogP contribution in [0.3, 0.4) is 0 Å². The van der Waals surface area contributed by atoms with Crippen molar-refractivity contribution >= 4 is 17.6 Å². The zero-order chi connectivity index (χ0) is 17.0. The second-order valence-corrected chi connectivity index (χ2v) is 4.39. The lowest BCUT2D eigenvalue weighted by atomic mass is 10.1. The minimum Gasteiger partial charge on any atom is -0.465 e. The Morgan fingerprint density at radius 2 is 1.74 bits per heavy atom. The van der Waals surface area contributed by atoms with Gasteiger partial charge in [0.2, 0.25) is 0 Å². The monoisotopic (exact) mass is 321 g/mol. The summed E-state index contributed by atoms with van der Waals surface area (Å²) in [6.07, 6.45) is 5.57. The lowest BCUT2D eigenvalue weighted by Crippen LogP contribution is -2.27. The van der Waals surface area contributed by atoms with Gasteiger partial charge in [-0.3, -0.25) is 0 Å². The lowest BCUT2D eigenvalue weighted by Gasteiger charge is -2.23. The van der Waals surface area contributed by atoms with Crippen LogP contribution in [0.1, 0.15) is 0 Å². The average Bonchev–Trinajstić information content (AvgIpc) is 2.78. The van der Waals surface area contributed by atoms with E-state index in [4.69, 9.17) is 0 Å². The summed E-state index contributed by atoms with van der Waals surface area (Å²) in [5.74, 6) is -3.96. The van der Waals surface area contributed by atoms with Gasteiger partial charge in [0.15, 0.2) is 11.6 Å². The highest BCUT2D eigenvalue weighted by atomic mass is 19.2. The molecule has 1 aromatic carbocycles. The van der Waals surface area contributed by atoms with Crippen LogP contribution in [-0.4, -0.2) is 26.2 Å². The molecule has 0 amide bonds. The third-order valence-corrected chi connectivity index (χ3v) is 3.08. The third kappa shape index (κ3) is 3.13. The Balaban J connectivity index is 2.71. The number of anilines is 1. The van der Waals surface area contributed by atoms with Gasteiger partial charge in [0.25, 0.3) is 0 Å². The maximum atomic E-state index is 14.1. The molecule has 0 aromatic heterocycles. The molecule has 0 bridgehead atoms. The summed E-state index contributed by atoms with van der Waals surface area (Å²) in [6, 6.07) is 3.50. The van der Waals surface area contributed by atoms with Crippen molar-refractivity contribution in [3.63, 3.8) is 0 Å². The Kier molecular flexibility index (Phi) is 4.90. The van der Waals surface area contributed by atoms with Crippen molar-refractivity contribution in [1.82, 2.24) is 0 Å². The van der Waals surface area contributed by atoms with E-state index in [1.807, 2.05) is 0 Å². The average molecular weight is 321 g/mol. The van der Waals surface area contributed by atoms with Crippen molar-refractivity contribution in [2.24, 2.45) is 0 Å². The summed E-state index contributed by atoms with van der Waals surface area (Å²) < 4.78 is 36.9. The zero-order valence-electron chi connectivity index (χ0n) is 12.4. The SMILES string of the molecule is COC(=O)C1=C(C(=O)OC)N(c2cccc(F)c2F)C=CC=C1. The molecule has 0 radical (unpaired) electrons. The summed E-state index contributed by atoms with van der Waals surface area (Å²) >= 11 is 0. The molecule has 0 saturated heterocycles. The van der Waals surface area contributed by atoms with Gasteiger partial charge in [-0.05, 0) is 24.3 Å². The molecular formula is C16H13F2NO4. The van der Waals surface area contributed by atoms with Crippen LogP contribution < -0.4 is 4.90 Å². The van der Waals surface area contributed by atoms with Crippen molar-refractivity contribution in [1.29, 1.82) is 0 Å². The second kappa shape index (κ2) is 6.87. The van der Waals surface area contributed by atoms with Crippen molar-refractivity contribution in [2.45, 2.75) is 0 Å². The van der Waals surface area contributed by atoms with E-state index in [2.05, 4.69) is 9.47 Å². The molecule has 0 fully saturated rings. The van der Waals surface area contributed by atoms with E-state index in [9.17, 15) is 18.4 Å². The fourth-order valence-electron chi connectivity index (χ4n) is 2.03. The predicted molar refractivity (Wildman–Crippen MR) is 78.2 cm³/mol. The zero-order valence-corrected chi connectivity index (χ0v) is 12.4. The minimum atomic E-state index is -1.16. The van der Waals surface area contributed by atoms with Gasteiger partial charge in [-0.15, -0.1) is 0 Å². The molecule has 0 spiro atoms. The maximum Gasteiger partial charge on any atom is 0.355 e. The van der Waals surface area contributed by atoms with Crippen molar-refractivity contribution < 1.29 is 27.8 Å². The summed E-state index contributed by atoms with van der Waals surface area (Å²) in [5.41, 5.74) is -0.673. The molecule has 23 heavy (non-hydrogen) atoms. The number of carbonyl (C=O) groups is 2. The highest BCUT2D eigenvalue weighted by Crippen LogP contribution is 2.29. The van der Waals surface area contributed by atoms with E-state index in [0.717, 1.165) is 25.2 Å². The van der Waals surface area contributed by atoms with Crippen LogP contribution in [0.5, 0.6) is 0 Å². The first-order chi connectivity index (χ1) is 11.0. The number of benzene rings is 1. The van der Waals surface area contributed by atoms with Crippen LogP contribution in [0.2, 0.25) is 0 Å². The Hall–Kier alpha value is -2.96. The highest BCUT2D eigenvalue weighted by Gasteiger charge is 2.29. The van der Waals surface area contributed by atoms with Gasteiger partial charge in [0, 0.05) is 6.20 Å². The molecule has 1 aromatic rings. The lowest BCUT2D eigenvalue weighted by molar-refractivity contribution is -0.139. The number of methoxy groups -OCH3 is 2. The van der Waals surface area contributed by atoms with Gasteiger partial charge >= 0.3 is 11.9 Å². The van der Waals surface area contributed by atoms with Crippen molar-refractivity contribution in [3.8, 4) is 0 Å². The first kappa shape index (κ1) is 16.4. The molecule has 2 rings (SSSR count). The number of nitrogens with zero attached hydrogens (tertiary/aromatic N) is 1. The van der Waals surface area contributed by atoms with Crippen LogP contribution in [0, 0.1) is 11.6 Å². The van der Waals surface area contributed by atoms with Crippen molar-refractivity contribution in [2.75, 3.05) is 19.1 Å². The van der Waals surface area contributed by atoms with Gasteiger partial charge < -0.3 is 14.4 Å². The number of allylic oxidation sites excluding steroid dienone is 2. The molecule has 0 atom stereocenters. The van der Waals surface area contributed by atoms with E-state index < -0.39 is 23.6 Å². The van der Waals surface area contributed by atoms with E-state index >= 15 is 0 Å². The van der Waals surface area contributed by atoms with E-state index in [1.54, 1.807) is 0 Å². The Labute approximate surface area is 131 Å². The van der Waals surface area contributed by atoms with Gasteiger partial charge in [-0.25, -0.2) is 18.4 Å². The van der Waals surface area contributed by atoms with Crippen LogP contribution in [-0.2, 0) is 19.1 Å². The van der Waals surface area contributed by atoms with Gasteiger partial charge in [0.05, 0.1) is 25.5 Å². The number of halogens is 2. The topological polar surface area (TPSA) is 55.8 Å². The van der Waals surface area contributed by atoms with Crippen molar-refractivity contribution in [3.05, 3.63) is 65.5 Å². The molecule has 7 heteroatoms. The third-order valence-electron chi connectivity index (χ3n) is 3.08. The molecule has 1 aliphatic heterocycles. The largest absolute Gasteiger partial charge is 0.465 e. The predicted octanol–water partition coefficient (Wildman–Crippen LogP) is 2.45. The van der Waals surface area contributed by atoms with E-state index in [1.165, 1.54) is 36.6 Å². The molecule has 1 heterocycles. The number of hydrogen-bond donors (Lipinski definition) is 0.